The summed E-state index contributed by atoms with van der Waals surface area (Å²) in [6.07, 6.45) is 8.77. The van der Waals surface area contributed by atoms with Gasteiger partial charge >= 0.3 is 205 Å². The Hall–Kier alpha value is -2.86. The van der Waals surface area contributed by atoms with Crippen LogP contribution in [0, 0.1) is 0 Å². The second-order valence-corrected chi connectivity index (χ2v) is 9.68. The van der Waals surface area contributed by atoms with Crippen molar-refractivity contribution in [2.24, 2.45) is 4.99 Å². The van der Waals surface area contributed by atoms with Crippen LogP contribution in [0.4, 0.5) is 5.82 Å². The van der Waals surface area contributed by atoms with E-state index in [2.05, 4.69) is 31.0 Å². The molecule has 5 rings (SSSR count). The van der Waals surface area contributed by atoms with E-state index in [0.29, 0.717) is 22.0 Å². The molecule has 4 aromatic heterocycles. The molecule has 34 heavy (non-hydrogen) atoms. The fourth-order valence-electron chi connectivity index (χ4n) is 3.73. The Bertz CT molecular complexity index is 1330. The van der Waals surface area contributed by atoms with Gasteiger partial charge in [-0.1, -0.05) is 0 Å². The van der Waals surface area contributed by atoms with Gasteiger partial charge in [0.05, 0.1) is 0 Å². The van der Waals surface area contributed by atoms with Crippen molar-refractivity contribution >= 4 is 34.9 Å². The molecular weight excluding hydrogens is 469 g/mol. The first-order valence-electron chi connectivity index (χ1n) is 10.9. The first-order valence-corrected chi connectivity index (χ1v) is 12.6. The Kier molecular flexibility index (Phi) is 7.14. The molecule has 0 aromatic carbocycles. The van der Waals surface area contributed by atoms with Gasteiger partial charge in [0.25, 0.3) is 0 Å². The second-order valence-electron chi connectivity index (χ2n) is 7.73. The monoisotopic (exact) mass is 491 g/mol. The number of aromatic amines is 1. The van der Waals surface area contributed by atoms with Crippen LogP contribution >= 0.6 is 22.9 Å². The molecule has 1 aliphatic rings. The second kappa shape index (κ2) is 10.6. The predicted molar refractivity (Wildman–Crippen MR) is 130 cm³/mol. The molecule has 8 nitrogen and oxygen atoms in total. The Morgan fingerprint density at radius 3 is 3.00 bits per heavy atom. The minimum absolute atomic E-state index is 0.137. The van der Waals surface area contributed by atoms with Crippen LogP contribution in [0.5, 0.6) is 5.75 Å². The van der Waals surface area contributed by atoms with E-state index in [9.17, 15) is 10.2 Å². The molecule has 2 atom stereocenters. The van der Waals surface area contributed by atoms with E-state index in [1.54, 1.807) is 18.6 Å². The molecule has 0 radical (unpaired) electrons. The molecule has 0 amide bonds. The third kappa shape index (κ3) is 5.28. The molecule has 0 spiro atoms. The molecule has 1 aliphatic carbocycles. The summed E-state index contributed by atoms with van der Waals surface area (Å²) >= 11 is 2.83. The van der Waals surface area contributed by atoms with Crippen LogP contribution in [0.3, 0.4) is 0 Å². The van der Waals surface area contributed by atoms with Crippen molar-refractivity contribution in [1.29, 1.82) is 0 Å². The summed E-state index contributed by atoms with van der Waals surface area (Å²) in [5.41, 5.74) is 2.67. The van der Waals surface area contributed by atoms with Crippen molar-refractivity contribution in [3.63, 3.8) is 0 Å². The van der Waals surface area contributed by atoms with Crippen LogP contribution in [-0.4, -0.2) is 42.9 Å². The molecule has 0 saturated heterocycles. The van der Waals surface area contributed by atoms with Gasteiger partial charge in [-0.3, -0.25) is 0 Å². The molecule has 0 bridgehead atoms. The topological polar surface area (TPSA) is 117 Å². The zero-order valence-corrected chi connectivity index (χ0v) is 19.8. The first-order chi connectivity index (χ1) is 16.7. The van der Waals surface area contributed by atoms with Gasteiger partial charge < -0.3 is 0 Å². The SMILES string of the molecule is OCC(O)c1bs/c(=N\c2ncc(Sc3ccccn3)cc2OC2CCCc3ncccc32)[nH]1. The maximum absolute atomic E-state index is 9.88. The van der Waals surface area contributed by atoms with Crippen molar-refractivity contribution < 1.29 is 14.9 Å². The zero-order chi connectivity index (χ0) is 23.3. The molecule has 172 valence electrons. The van der Waals surface area contributed by atoms with E-state index in [4.69, 9.17) is 4.74 Å². The number of fused-ring (bicyclic) bond motifs is 1. The van der Waals surface area contributed by atoms with Crippen molar-refractivity contribution in [3.8, 4) is 5.75 Å². The fourth-order valence-corrected chi connectivity index (χ4v) is 5.27. The van der Waals surface area contributed by atoms with Crippen LogP contribution in [0.25, 0.3) is 0 Å². The number of aryl methyl sites for hydroxylation is 1. The van der Waals surface area contributed by atoms with Crippen LogP contribution in [-0.2, 0) is 6.42 Å². The average molecular weight is 491 g/mol. The van der Waals surface area contributed by atoms with Crippen molar-refractivity contribution in [1.82, 2.24) is 19.9 Å². The molecular formula is C23H22BN5O3S2. The van der Waals surface area contributed by atoms with Gasteiger partial charge in [0, 0.05) is 0 Å². The molecule has 11 heteroatoms. The van der Waals surface area contributed by atoms with E-state index < -0.39 is 6.10 Å². The summed E-state index contributed by atoms with van der Waals surface area (Å²) in [5.74, 6) is 0.998. The third-order valence-electron chi connectivity index (χ3n) is 5.38. The van der Waals surface area contributed by atoms with E-state index in [1.165, 1.54) is 22.9 Å². The summed E-state index contributed by atoms with van der Waals surface area (Å²) < 4.78 is 6.51. The third-order valence-corrected chi connectivity index (χ3v) is 7.08. The summed E-state index contributed by atoms with van der Waals surface area (Å²) in [6.45, 7) is -0.367. The molecule has 4 heterocycles. The van der Waals surface area contributed by atoms with Gasteiger partial charge in [-0.2, -0.15) is 0 Å². The van der Waals surface area contributed by atoms with Crippen LogP contribution in [0.1, 0.15) is 41.9 Å². The van der Waals surface area contributed by atoms with Gasteiger partial charge in [-0.15, -0.1) is 0 Å². The normalized spacial score (nSPS) is 16.6. The van der Waals surface area contributed by atoms with Crippen LogP contribution < -0.4 is 9.54 Å². The standard InChI is InChI=1S/C23H22BN5O3S2/c30-13-17(31)21-24-34-23(28-21)29-22-19(11-14(12-27-22)33-20-8-1-2-9-26-20)32-18-7-3-6-16-15(18)5-4-10-25-16/h1-2,4-5,8-12,17-18,30-31H,3,6-7,13H2,(H,27,28,29). The van der Waals surface area contributed by atoms with Gasteiger partial charge in [0.1, 0.15) is 0 Å². The number of nitrogens with zero attached hydrogens (tertiary/aromatic N) is 4. The summed E-state index contributed by atoms with van der Waals surface area (Å²) in [5, 5.41) is 19.9. The number of pyridine rings is 3. The Labute approximate surface area is 205 Å². The number of aliphatic hydroxyl groups is 2. The summed E-state index contributed by atoms with van der Waals surface area (Å²) in [4.78, 5) is 22.6. The zero-order valence-electron chi connectivity index (χ0n) is 18.2. The number of hydrogen-bond donors (Lipinski definition) is 3. The predicted octanol–water partition coefficient (Wildman–Crippen LogP) is 3.47. The van der Waals surface area contributed by atoms with Gasteiger partial charge in [-0.05, 0) is 0 Å². The van der Waals surface area contributed by atoms with Gasteiger partial charge in [0.2, 0.25) is 0 Å². The first kappa shape index (κ1) is 22.9. The quantitative estimate of drug-likeness (QED) is 0.363. The van der Waals surface area contributed by atoms with Crippen LogP contribution in [0.2, 0.25) is 0 Å². The van der Waals surface area contributed by atoms with Crippen LogP contribution in [0.15, 0.2) is 69.9 Å². The van der Waals surface area contributed by atoms with E-state index in [-0.39, 0.29) is 12.7 Å². The Balaban J connectivity index is 1.51. The average Bonchev–Trinajstić information content (AvgIpc) is 3.34. The number of aliphatic hydroxyl groups excluding tert-OH is 2. The van der Waals surface area contributed by atoms with E-state index in [1.807, 2.05) is 36.5 Å². The maximum atomic E-state index is 9.88. The number of rotatable bonds is 7. The molecule has 2 unspecified atom stereocenters. The Morgan fingerprint density at radius 1 is 1.24 bits per heavy atom. The molecule has 0 fully saturated rings. The summed E-state index contributed by atoms with van der Waals surface area (Å²) in [6, 6.07) is 11.7. The van der Waals surface area contributed by atoms with Crippen molar-refractivity contribution in [3.05, 3.63) is 76.6 Å². The van der Waals surface area contributed by atoms with Crippen molar-refractivity contribution in [2.45, 2.75) is 41.4 Å². The van der Waals surface area contributed by atoms with E-state index in [0.717, 1.165) is 40.4 Å². The number of aromatic nitrogens is 4. The molecule has 0 saturated carbocycles. The Morgan fingerprint density at radius 2 is 2.15 bits per heavy atom. The van der Waals surface area contributed by atoms with Crippen molar-refractivity contribution in [2.75, 3.05) is 6.61 Å². The molecule has 4 aromatic rings. The molecule has 3 N–H and O–H groups in total. The summed E-state index contributed by atoms with van der Waals surface area (Å²) in [7, 11) is 0. The van der Waals surface area contributed by atoms with E-state index >= 15 is 0 Å². The molecule has 0 aliphatic heterocycles. The number of H-pyrrole nitrogens is 1. The fraction of sp³-hybridized carbons (Fsp3) is 0.261. The van der Waals surface area contributed by atoms with Gasteiger partial charge in [-0.25, -0.2) is 0 Å². The number of ether oxygens (including phenoxy) is 1. The number of hydrogen-bond acceptors (Lipinski definition) is 9. The minimum atomic E-state index is -0.979. The van der Waals surface area contributed by atoms with Gasteiger partial charge in [0.15, 0.2) is 0 Å². The number of nitrogens with one attached hydrogen (secondary N) is 1.